The molecule has 0 radical (unpaired) electrons. The quantitative estimate of drug-likeness (QED) is 0.799. The Morgan fingerprint density at radius 3 is 2.50 bits per heavy atom. The molecular formula is C13H12F3NO3. The summed E-state index contributed by atoms with van der Waals surface area (Å²) in [6.45, 7) is 1.62. The van der Waals surface area contributed by atoms with Crippen LogP contribution in [0.1, 0.15) is 23.6 Å². The minimum atomic E-state index is -4.65. The van der Waals surface area contributed by atoms with E-state index in [2.05, 4.69) is 4.74 Å². The van der Waals surface area contributed by atoms with Gasteiger partial charge in [0, 0.05) is 0 Å². The largest absolute Gasteiger partial charge is 0.495 e. The Balaban J connectivity index is 3.32. The number of esters is 1. The van der Waals surface area contributed by atoms with Gasteiger partial charge in [-0.05, 0) is 24.6 Å². The second-order valence-electron chi connectivity index (χ2n) is 3.80. The molecule has 0 aliphatic carbocycles. The number of carbonyl (C=O) groups is 1. The molecule has 1 aromatic carbocycles. The van der Waals surface area contributed by atoms with Crippen LogP contribution in [0.15, 0.2) is 12.1 Å². The maximum atomic E-state index is 12.9. The molecule has 0 aliphatic heterocycles. The van der Waals surface area contributed by atoms with Gasteiger partial charge in [0.05, 0.1) is 31.3 Å². The zero-order chi connectivity index (χ0) is 15.3. The summed E-state index contributed by atoms with van der Waals surface area (Å²) in [4.78, 5) is 11.3. The van der Waals surface area contributed by atoms with Gasteiger partial charge in [0.1, 0.15) is 11.8 Å². The fraction of sp³-hybridized carbons (Fsp3) is 0.385. The van der Waals surface area contributed by atoms with E-state index in [0.29, 0.717) is 6.07 Å². The number of ether oxygens (including phenoxy) is 2. The summed E-state index contributed by atoms with van der Waals surface area (Å²) in [5.41, 5.74) is -1.39. The number of alkyl halides is 3. The summed E-state index contributed by atoms with van der Waals surface area (Å²) < 4.78 is 48.2. The third-order valence-electron chi connectivity index (χ3n) is 2.49. The first kappa shape index (κ1) is 15.8. The van der Waals surface area contributed by atoms with E-state index in [9.17, 15) is 18.0 Å². The van der Waals surface area contributed by atoms with E-state index in [-0.39, 0.29) is 23.5 Å². The number of benzene rings is 1. The van der Waals surface area contributed by atoms with Crippen molar-refractivity contribution in [3.05, 3.63) is 28.8 Å². The Morgan fingerprint density at radius 1 is 1.40 bits per heavy atom. The molecule has 0 bridgehead atoms. The second-order valence-corrected chi connectivity index (χ2v) is 3.80. The van der Waals surface area contributed by atoms with Gasteiger partial charge in [-0.3, -0.25) is 4.79 Å². The molecule has 0 aliphatic rings. The van der Waals surface area contributed by atoms with Gasteiger partial charge in [-0.25, -0.2) is 0 Å². The summed E-state index contributed by atoms with van der Waals surface area (Å²) in [6.07, 6.45) is -5.20. The molecule has 0 atom stereocenters. The van der Waals surface area contributed by atoms with Crippen LogP contribution >= 0.6 is 0 Å². The summed E-state index contributed by atoms with van der Waals surface area (Å²) in [5.74, 6) is -0.973. The van der Waals surface area contributed by atoms with Gasteiger partial charge in [-0.2, -0.15) is 18.4 Å². The Hall–Kier alpha value is -2.23. The van der Waals surface area contributed by atoms with Crippen molar-refractivity contribution < 1.29 is 27.4 Å². The van der Waals surface area contributed by atoms with E-state index in [0.717, 1.165) is 6.07 Å². The molecule has 0 amide bonds. The van der Waals surface area contributed by atoms with Crippen LogP contribution in [0.3, 0.4) is 0 Å². The smallest absolute Gasteiger partial charge is 0.416 e. The molecule has 0 N–H and O–H groups in total. The highest BCUT2D eigenvalue weighted by Crippen LogP contribution is 2.36. The SMILES string of the molecule is CCOC(=O)Cc1cc(C#N)c(OC)cc1C(F)(F)F. The maximum absolute atomic E-state index is 12.9. The van der Waals surface area contributed by atoms with Crippen LogP contribution in [-0.2, 0) is 22.1 Å². The second kappa shape index (κ2) is 6.28. The van der Waals surface area contributed by atoms with Gasteiger partial charge in [0.15, 0.2) is 0 Å². The van der Waals surface area contributed by atoms with Crippen molar-refractivity contribution in [3.63, 3.8) is 0 Å². The van der Waals surface area contributed by atoms with E-state index >= 15 is 0 Å². The molecule has 4 nitrogen and oxygen atoms in total. The van der Waals surface area contributed by atoms with Gasteiger partial charge in [0.25, 0.3) is 0 Å². The third kappa shape index (κ3) is 3.63. The minimum absolute atomic E-state index is 0.0696. The van der Waals surface area contributed by atoms with Gasteiger partial charge < -0.3 is 9.47 Å². The van der Waals surface area contributed by atoms with Crippen LogP contribution < -0.4 is 4.74 Å². The van der Waals surface area contributed by atoms with Crippen molar-refractivity contribution in [2.24, 2.45) is 0 Å². The van der Waals surface area contributed by atoms with Crippen LogP contribution in [0, 0.1) is 11.3 Å². The lowest BCUT2D eigenvalue weighted by Crippen LogP contribution is -2.15. The lowest BCUT2D eigenvalue weighted by molar-refractivity contribution is -0.143. The normalized spacial score (nSPS) is 10.8. The van der Waals surface area contributed by atoms with Crippen molar-refractivity contribution in [1.29, 1.82) is 5.26 Å². The average molecular weight is 287 g/mol. The molecule has 0 spiro atoms. The van der Waals surface area contributed by atoms with Crippen LogP contribution in [0.4, 0.5) is 13.2 Å². The highest BCUT2D eigenvalue weighted by atomic mass is 19.4. The number of nitrogens with zero attached hydrogens (tertiary/aromatic N) is 1. The summed E-state index contributed by atoms with van der Waals surface area (Å²) in [5, 5.41) is 8.88. The highest BCUT2D eigenvalue weighted by Gasteiger charge is 2.35. The number of carbonyl (C=O) groups excluding carboxylic acids is 1. The van der Waals surface area contributed by atoms with Crippen LogP contribution in [0.5, 0.6) is 5.75 Å². The van der Waals surface area contributed by atoms with Crippen LogP contribution in [-0.4, -0.2) is 19.7 Å². The molecule has 0 fully saturated rings. The third-order valence-corrected chi connectivity index (χ3v) is 2.49. The standard InChI is InChI=1S/C13H12F3NO3/c1-3-20-12(18)5-8-4-9(7-17)11(19-2)6-10(8)13(14,15)16/h4,6H,3,5H2,1-2H3. The topological polar surface area (TPSA) is 59.3 Å². The van der Waals surface area contributed by atoms with Crippen molar-refractivity contribution in [3.8, 4) is 11.8 Å². The Kier molecular flexibility index (Phi) is 4.97. The first-order valence-electron chi connectivity index (χ1n) is 5.67. The van der Waals surface area contributed by atoms with Gasteiger partial charge in [0.2, 0.25) is 0 Å². The van der Waals surface area contributed by atoms with Crippen molar-refractivity contribution in [2.45, 2.75) is 19.5 Å². The predicted molar refractivity (Wildman–Crippen MR) is 63.0 cm³/mol. The number of methoxy groups -OCH3 is 1. The molecule has 108 valence electrons. The number of halogens is 3. The Morgan fingerprint density at radius 2 is 2.05 bits per heavy atom. The number of rotatable bonds is 4. The summed E-state index contributed by atoms with van der Waals surface area (Å²) in [6, 6.07) is 3.44. The summed E-state index contributed by atoms with van der Waals surface area (Å²) in [7, 11) is 1.17. The monoisotopic (exact) mass is 287 g/mol. The van der Waals surface area contributed by atoms with E-state index < -0.39 is 24.1 Å². The molecule has 1 rings (SSSR count). The molecule has 0 unspecified atom stereocenters. The van der Waals surface area contributed by atoms with Crippen molar-refractivity contribution >= 4 is 5.97 Å². The molecule has 0 saturated carbocycles. The Labute approximate surface area is 113 Å². The summed E-state index contributed by atoms with van der Waals surface area (Å²) >= 11 is 0. The van der Waals surface area contributed by atoms with E-state index in [1.54, 1.807) is 13.0 Å². The van der Waals surface area contributed by atoms with Gasteiger partial charge in [-0.15, -0.1) is 0 Å². The highest BCUT2D eigenvalue weighted by molar-refractivity contribution is 5.73. The number of hydrogen-bond donors (Lipinski definition) is 0. The van der Waals surface area contributed by atoms with Crippen LogP contribution in [0.2, 0.25) is 0 Å². The van der Waals surface area contributed by atoms with Crippen molar-refractivity contribution in [2.75, 3.05) is 13.7 Å². The van der Waals surface area contributed by atoms with Gasteiger partial charge in [-0.1, -0.05) is 0 Å². The first-order valence-corrected chi connectivity index (χ1v) is 5.67. The molecule has 0 aromatic heterocycles. The molecule has 1 aromatic rings. The molecule has 0 saturated heterocycles. The fourth-order valence-electron chi connectivity index (χ4n) is 1.66. The van der Waals surface area contributed by atoms with Gasteiger partial charge >= 0.3 is 12.1 Å². The predicted octanol–water partition coefficient (Wildman–Crippen LogP) is 2.69. The first-order chi connectivity index (χ1) is 9.33. The number of nitriles is 1. The maximum Gasteiger partial charge on any atom is 0.416 e. The van der Waals surface area contributed by atoms with E-state index in [4.69, 9.17) is 10.00 Å². The molecule has 7 heteroatoms. The van der Waals surface area contributed by atoms with E-state index in [1.165, 1.54) is 7.11 Å². The number of hydrogen-bond acceptors (Lipinski definition) is 4. The van der Waals surface area contributed by atoms with Crippen LogP contribution in [0.25, 0.3) is 0 Å². The zero-order valence-corrected chi connectivity index (χ0v) is 10.9. The lowest BCUT2D eigenvalue weighted by atomic mass is 10.00. The zero-order valence-electron chi connectivity index (χ0n) is 10.9. The Bertz CT molecular complexity index is 547. The molecule has 20 heavy (non-hydrogen) atoms. The minimum Gasteiger partial charge on any atom is -0.495 e. The van der Waals surface area contributed by atoms with E-state index in [1.807, 2.05) is 0 Å². The average Bonchev–Trinajstić information content (AvgIpc) is 2.37. The molecular weight excluding hydrogens is 275 g/mol. The lowest BCUT2D eigenvalue weighted by Gasteiger charge is -2.15. The van der Waals surface area contributed by atoms with Crippen molar-refractivity contribution in [1.82, 2.24) is 0 Å². The fourth-order valence-corrected chi connectivity index (χ4v) is 1.66. The molecule has 0 heterocycles.